The lowest BCUT2D eigenvalue weighted by atomic mass is 9.99. The van der Waals surface area contributed by atoms with Crippen LogP contribution in [-0.2, 0) is 19.6 Å². The maximum absolute atomic E-state index is 12.9. The molecule has 2 aliphatic rings. The molecule has 2 amide bonds. The number of nitrogens with one attached hydrogen (secondary N) is 2. The van der Waals surface area contributed by atoms with Crippen molar-refractivity contribution >= 4 is 21.8 Å². The molecule has 1 saturated carbocycles. The molecule has 1 unspecified atom stereocenters. The molecular formula is C19H27N3O5S. The van der Waals surface area contributed by atoms with Crippen LogP contribution in [0.4, 0.5) is 0 Å². The number of hydrogen-bond acceptors (Lipinski definition) is 5. The summed E-state index contributed by atoms with van der Waals surface area (Å²) < 4.78 is 32.2. The molecule has 1 aliphatic carbocycles. The quantitative estimate of drug-likeness (QED) is 0.663. The van der Waals surface area contributed by atoms with Crippen molar-refractivity contribution in [2.24, 2.45) is 5.92 Å². The van der Waals surface area contributed by atoms with Crippen LogP contribution in [0.1, 0.15) is 32.1 Å². The van der Waals surface area contributed by atoms with Crippen molar-refractivity contribution in [2.45, 2.75) is 43.0 Å². The van der Waals surface area contributed by atoms with Crippen LogP contribution in [0.15, 0.2) is 29.2 Å². The molecule has 8 nitrogen and oxygen atoms in total. The standard InChI is InChI=1S/C19H27N3O5S/c1-27-16-6-8-17(9-7-16)28(25,26)22-12-2-3-14(13-22)19(24)20-11-10-18(23)21-15-4-5-15/h6-9,14-15H,2-5,10-13H2,1H3,(H,20,24)(H,21,23). The summed E-state index contributed by atoms with van der Waals surface area (Å²) in [6, 6.07) is 6.53. The summed E-state index contributed by atoms with van der Waals surface area (Å²) in [5.74, 6) is -0.0853. The van der Waals surface area contributed by atoms with E-state index < -0.39 is 15.9 Å². The fourth-order valence-electron chi connectivity index (χ4n) is 3.24. The zero-order valence-corrected chi connectivity index (χ0v) is 16.8. The Kier molecular flexibility index (Phi) is 6.56. The van der Waals surface area contributed by atoms with Crippen LogP contribution in [-0.4, -0.2) is 57.3 Å². The van der Waals surface area contributed by atoms with Gasteiger partial charge in [0.15, 0.2) is 0 Å². The fourth-order valence-corrected chi connectivity index (χ4v) is 4.77. The lowest BCUT2D eigenvalue weighted by Crippen LogP contribution is -2.45. The number of nitrogens with zero attached hydrogens (tertiary/aromatic N) is 1. The Morgan fingerprint density at radius 1 is 1.18 bits per heavy atom. The molecule has 1 atom stereocenters. The Balaban J connectivity index is 1.53. The molecule has 1 aromatic rings. The largest absolute Gasteiger partial charge is 0.497 e. The Morgan fingerprint density at radius 2 is 1.89 bits per heavy atom. The Morgan fingerprint density at radius 3 is 2.54 bits per heavy atom. The number of amides is 2. The van der Waals surface area contributed by atoms with Crippen molar-refractivity contribution in [2.75, 3.05) is 26.7 Å². The van der Waals surface area contributed by atoms with Crippen LogP contribution in [0.2, 0.25) is 0 Å². The van der Waals surface area contributed by atoms with E-state index in [2.05, 4.69) is 10.6 Å². The second kappa shape index (κ2) is 8.91. The van der Waals surface area contributed by atoms with E-state index in [1.807, 2.05) is 0 Å². The van der Waals surface area contributed by atoms with Crippen LogP contribution in [0, 0.1) is 5.92 Å². The zero-order valence-electron chi connectivity index (χ0n) is 16.0. The highest BCUT2D eigenvalue weighted by Crippen LogP contribution is 2.25. The molecule has 154 valence electrons. The van der Waals surface area contributed by atoms with Gasteiger partial charge in [-0.3, -0.25) is 9.59 Å². The van der Waals surface area contributed by atoms with Gasteiger partial charge in [-0.2, -0.15) is 4.31 Å². The minimum atomic E-state index is -3.66. The molecule has 0 aromatic heterocycles. The zero-order chi connectivity index (χ0) is 20.1. The summed E-state index contributed by atoms with van der Waals surface area (Å²) in [6.45, 7) is 0.801. The Bertz CT molecular complexity index is 805. The molecular weight excluding hydrogens is 382 g/mol. The number of benzene rings is 1. The summed E-state index contributed by atoms with van der Waals surface area (Å²) in [6.07, 6.45) is 3.55. The fraction of sp³-hybridized carbons (Fsp3) is 0.579. The van der Waals surface area contributed by atoms with Gasteiger partial charge in [0.2, 0.25) is 21.8 Å². The van der Waals surface area contributed by atoms with E-state index in [9.17, 15) is 18.0 Å². The lowest BCUT2D eigenvalue weighted by Gasteiger charge is -2.31. The first-order chi connectivity index (χ1) is 13.4. The third kappa shape index (κ3) is 5.23. The Hall–Kier alpha value is -2.13. The van der Waals surface area contributed by atoms with Crippen molar-refractivity contribution in [3.8, 4) is 5.75 Å². The van der Waals surface area contributed by atoms with E-state index in [4.69, 9.17) is 4.74 Å². The van der Waals surface area contributed by atoms with Gasteiger partial charge in [0, 0.05) is 32.1 Å². The van der Waals surface area contributed by atoms with Gasteiger partial charge in [-0.15, -0.1) is 0 Å². The number of ether oxygens (including phenoxy) is 1. The molecule has 3 rings (SSSR count). The van der Waals surface area contributed by atoms with Gasteiger partial charge in [0.25, 0.3) is 0 Å². The number of carbonyl (C=O) groups is 2. The number of methoxy groups -OCH3 is 1. The van der Waals surface area contributed by atoms with Gasteiger partial charge in [-0.25, -0.2) is 8.42 Å². The van der Waals surface area contributed by atoms with Crippen LogP contribution >= 0.6 is 0 Å². The van der Waals surface area contributed by atoms with Gasteiger partial charge in [0.05, 0.1) is 17.9 Å². The van der Waals surface area contributed by atoms with E-state index in [1.165, 1.54) is 23.5 Å². The highest BCUT2D eigenvalue weighted by molar-refractivity contribution is 7.89. The van der Waals surface area contributed by atoms with E-state index in [0.717, 1.165) is 12.8 Å². The lowest BCUT2D eigenvalue weighted by molar-refractivity contribution is -0.126. The SMILES string of the molecule is COc1ccc(S(=O)(=O)N2CCCC(C(=O)NCCC(=O)NC3CC3)C2)cc1. The molecule has 0 bridgehead atoms. The van der Waals surface area contributed by atoms with Gasteiger partial charge in [0.1, 0.15) is 5.75 Å². The Labute approximate surface area is 165 Å². The number of piperidine rings is 1. The van der Waals surface area contributed by atoms with Crippen molar-refractivity contribution < 1.29 is 22.7 Å². The highest BCUT2D eigenvalue weighted by Gasteiger charge is 2.33. The van der Waals surface area contributed by atoms with Crippen LogP contribution in [0.25, 0.3) is 0 Å². The van der Waals surface area contributed by atoms with Crippen molar-refractivity contribution in [1.82, 2.24) is 14.9 Å². The molecule has 1 aliphatic heterocycles. The van der Waals surface area contributed by atoms with E-state index >= 15 is 0 Å². The third-order valence-electron chi connectivity index (χ3n) is 5.05. The van der Waals surface area contributed by atoms with Gasteiger partial charge < -0.3 is 15.4 Å². The topological polar surface area (TPSA) is 105 Å². The molecule has 2 fully saturated rings. The minimum absolute atomic E-state index is 0.0600. The third-order valence-corrected chi connectivity index (χ3v) is 6.93. The van der Waals surface area contributed by atoms with Gasteiger partial charge in [-0.1, -0.05) is 0 Å². The van der Waals surface area contributed by atoms with Crippen LogP contribution in [0.3, 0.4) is 0 Å². The molecule has 0 radical (unpaired) electrons. The van der Waals surface area contributed by atoms with E-state index in [-0.39, 0.29) is 36.2 Å². The van der Waals surface area contributed by atoms with E-state index in [0.29, 0.717) is 31.2 Å². The van der Waals surface area contributed by atoms with Crippen LogP contribution < -0.4 is 15.4 Å². The molecule has 1 heterocycles. The second-order valence-electron chi connectivity index (χ2n) is 7.26. The maximum Gasteiger partial charge on any atom is 0.243 e. The highest BCUT2D eigenvalue weighted by atomic mass is 32.2. The molecule has 0 spiro atoms. The summed E-state index contributed by atoms with van der Waals surface area (Å²) in [4.78, 5) is 24.3. The molecule has 28 heavy (non-hydrogen) atoms. The predicted molar refractivity (Wildman–Crippen MR) is 103 cm³/mol. The number of carbonyl (C=O) groups excluding carboxylic acids is 2. The van der Waals surface area contributed by atoms with Crippen molar-refractivity contribution in [3.05, 3.63) is 24.3 Å². The molecule has 1 saturated heterocycles. The normalized spacial score (nSPS) is 20.4. The smallest absolute Gasteiger partial charge is 0.243 e. The number of rotatable bonds is 8. The summed E-state index contributed by atoms with van der Waals surface area (Å²) in [5.41, 5.74) is 0. The summed E-state index contributed by atoms with van der Waals surface area (Å²) >= 11 is 0. The summed E-state index contributed by atoms with van der Waals surface area (Å²) in [5, 5.41) is 5.64. The maximum atomic E-state index is 12.9. The predicted octanol–water partition coefficient (Wildman–Crippen LogP) is 0.881. The van der Waals surface area contributed by atoms with Gasteiger partial charge >= 0.3 is 0 Å². The van der Waals surface area contributed by atoms with E-state index in [1.54, 1.807) is 12.1 Å². The second-order valence-corrected chi connectivity index (χ2v) is 9.20. The first-order valence-corrected chi connectivity index (χ1v) is 11.1. The van der Waals surface area contributed by atoms with Crippen LogP contribution in [0.5, 0.6) is 5.75 Å². The molecule has 1 aromatic carbocycles. The van der Waals surface area contributed by atoms with Crippen molar-refractivity contribution in [3.63, 3.8) is 0 Å². The molecule has 9 heteroatoms. The number of sulfonamides is 1. The minimum Gasteiger partial charge on any atom is -0.497 e. The van der Waals surface area contributed by atoms with Gasteiger partial charge in [-0.05, 0) is 49.9 Å². The first kappa shape index (κ1) is 20.6. The van der Waals surface area contributed by atoms with Crippen molar-refractivity contribution in [1.29, 1.82) is 0 Å². The average molecular weight is 410 g/mol. The monoisotopic (exact) mass is 409 g/mol. The first-order valence-electron chi connectivity index (χ1n) is 9.61. The molecule has 2 N–H and O–H groups in total. The summed E-state index contributed by atoms with van der Waals surface area (Å²) in [7, 11) is -2.14. The number of hydrogen-bond donors (Lipinski definition) is 2. The average Bonchev–Trinajstić information content (AvgIpc) is 3.52.